The first-order chi connectivity index (χ1) is 11.0. The van der Waals surface area contributed by atoms with Crippen LogP contribution in [0.15, 0.2) is 18.2 Å². The van der Waals surface area contributed by atoms with Crippen LogP contribution >= 0.6 is 11.3 Å². The molecule has 0 amide bonds. The molecule has 23 heavy (non-hydrogen) atoms. The van der Waals surface area contributed by atoms with Crippen LogP contribution in [0.3, 0.4) is 0 Å². The van der Waals surface area contributed by atoms with E-state index in [0.717, 1.165) is 28.8 Å². The second-order valence-electron chi connectivity index (χ2n) is 6.42. The molecule has 122 valence electrons. The number of thiophene rings is 1. The zero-order chi connectivity index (χ0) is 16.6. The fourth-order valence-electron chi connectivity index (χ4n) is 3.35. The number of ether oxygens (including phenoxy) is 1. The normalized spacial score (nSPS) is 13.9. The van der Waals surface area contributed by atoms with Crippen molar-refractivity contribution in [2.24, 2.45) is 0 Å². The summed E-state index contributed by atoms with van der Waals surface area (Å²) >= 11 is 1.50. The number of anilines is 1. The van der Waals surface area contributed by atoms with Crippen LogP contribution in [0.5, 0.6) is 0 Å². The second-order valence-corrected chi connectivity index (χ2v) is 7.50. The van der Waals surface area contributed by atoms with Gasteiger partial charge in [0.25, 0.3) is 0 Å². The number of carbonyl (C=O) groups excluding carboxylic acids is 1. The fraction of sp³-hybridized carbons (Fsp3) is 0.421. The molecule has 0 aliphatic heterocycles. The summed E-state index contributed by atoms with van der Waals surface area (Å²) in [7, 11) is 1.41. The summed E-state index contributed by atoms with van der Waals surface area (Å²) in [6.45, 7) is 4.27. The fourth-order valence-corrected chi connectivity index (χ4v) is 4.44. The summed E-state index contributed by atoms with van der Waals surface area (Å²) in [6, 6.07) is 6.58. The summed E-state index contributed by atoms with van der Waals surface area (Å²) < 4.78 is 4.97. The van der Waals surface area contributed by atoms with Gasteiger partial charge in [-0.2, -0.15) is 0 Å². The SMILES string of the molecule is COC(=O)c1c(N)sc(C(C)C)c1-c1ccc2c(c1)CCCC2. The molecule has 0 atom stereocenters. The van der Waals surface area contributed by atoms with Gasteiger partial charge in [0, 0.05) is 10.4 Å². The molecule has 1 aliphatic carbocycles. The summed E-state index contributed by atoms with van der Waals surface area (Å²) in [5, 5.41) is 0.549. The van der Waals surface area contributed by atoms with E-state index in [1.54, 1.807) is 0 Å². The molecule has 4 heteroatoms. The van der Waals surface area contributed by atoms with E-state index in [4.69, 9.17) is 10.5 Å². The molecule has 3 nitrogen and oxygen atoms in total. The summed E-state index contributed by atoms with van der Waals surface area (Å²) in [5.41, 5.74) is 11.6. The first-order valence-electron chi connectivity index (χ1n) is 8.15. The van der Waals surface area contributed by atoms with E-state index >= 15 is 0 Å². The van der Waals surface area contributed by atoms with Gasteiger partial charge in [0.05, 0.1) is 7.11 Å². The number of fused-ring (bicyclic) bond motifs is 1. The third kappa shape index (κ3) is 2.88. The smallest absolute Gasteiger partial charge is 0.341 e. The number of hydrogen-bond donors (Lipinski definition) is 1. The lowest BCUT2D eigenvalue weighted by Gasteiger charge is -2.18. The van der Waals surface area contributed by atoms with Crippen LogP contribution in [-0.2, 0) is 17.6 Å². The van der Waals surface area contributed by atoms with Crippen molar-refractivity contribution in [3.05, 3.63) is 39.8 Å². The molecule has 3 rings (SSSR count). The molecule has 0 bridgehead atoms. The highest BCUT2D eigenvalue weighted by atomic mass is 32.1. The molecule has 1 heterocycles. The number of carbonyl (C=O) groups is 1. The second kappa shape index (κ2) is 6.36. The number of rotatable bonds is 3. The lowest BCUT2D eigenvalue weighted by atomic mass is 9.87. The zero-order valence-corrected chi connectivity index (χ0v) is 14.8. The topological polar surface area (TPSA) is 52.3 Å². The van der Waals surface area contributed by atoms with Crippen LogP contribution in [0.4, 0.5) is 5.00 Å². The number of benzene rings is 1. The lowest BCUT2D eigenvalue weighted by molar-refractivity contribution is 0.0603. The van der Waals surface area contributed by atoms with E-state index in [-0.39, 0.29) is 5.97 Å². The van der Waals surface area contributed by atoms with Crippen LogP contribution in [0, 0.1) is 0 Å². The summed E-state index contributed by atoms with van der Waals surface area (Å²) in [6.07, 6.45) is 4.78. The largest absolute Gasteiger partial charge is 0.465 e. The van der Waals surface area contributed by atoms with E-state index < -0.39 is 0 Å². The van der Waals surface area contributed by atoms with Crippen molar-refractivity contribution in [1.82, 2.24) is 0 Å². The van der Waals surface area contributed by atoms with Gasteiger partial charge in [-0.25, -0.2) is 4.79 Å². The molecular formula is C19H23NO2S. The number of aryl methyl sites for hydroxylation is 2. The van der Waals surface area contributed by atoms with Crippen molar-refractivity contribution in [3.8, 4) is 11.1 Å². The number of nitrogens with two attached hydrogens (primary N) is 1. The van der Waals surface area contributed by atoms with Gasteiger partial charge < -0.3 is 10.5 Å². The van der Waals surface area contributed by atoms with Crippen LogP contribution in [-0.4, -0.2) is 13.1 Å². The van der Waals surface area contributed by atoms with Crippen molar-refractivity contribution < 1.29 is 9.53 Å². The van der Waals surface area contributed by atoms with Crippen LogP contribution in [0.2, 0.25) is 0 Å². The molecule has 1 aromatic carbocycles. The molecule has 2 aromatic rings. The number of nitrogen functional groups attached to an aromatic ring is 1. The number of hydrogen-bond acceptors (Lipinski definition) is 4. The third-order valence-corrected chi connectivity index (χ3v) is 5.83. The van der Waals surface area contributed by atoms with Crippen LogP contribution in [0.1, 0.15) is 59.0 Å². The van der Waals surface area contributed by atoms with Crippen molar-refractivity contribution in [2.45, 2.75) is 45.4 Å². The molecule has 1 aromatic heterocycles. The standard InChI is InChI=1S/C19H23NO2S/c1-11(2)17-15(16(18(20)23-17)19(21)22-3)14-9-8-12-6-4-5-7-13(12)10-14/h8-11H,4-7,20H2,1-3H3. The first kappa shape index (κ1) is 16.1. The predicted octanol–water partition coefficient (Wildman–Crippen LogP) is 4.79. The van der Waals surface area contributed by atoms with Crippen molar-refractivity contribution in [2.75, 3.05) is 12.8 Å². The molecule has 0 saturated heterocycles. The Kier molecular flexibility index (Phi) is 4.44. The predicted molar refractivity (Wildman–Crippen MR) is 96.2 cm³/mol. The Morgan fingerprint density at radius 3 is 2.57 bits per heavy atom. The van der Waals surface area contributed by atoms with Gasteiger partial charge in [0.1, 0.15) is 10.6 Å². The van der Waals surface area contributed by atoms with Crippen LogP contribution < -0.4 is 5.73 Å². The zero-order valence-electron chi connectivity index (χ0n) is 13.9. The lowest BCUT2D eigenvalue weighted by Crippen LogP contribution is -2.06. The maximum Gasteiger partial charge on any atom is 0.341 e. The molecular weight excluding hydrogens is 306 g/mol. The molecule has 0 saturated carbocycles. The molecule has 0 unspecified atom stereocenters. The maximum absolute atomic E-state index is 12.3. The van der Waals surface area contributed by atoms with E-state index in [1.807, 2.05) is 0 Å². The minimum Gasteiger partial charge on any atom is -0.465 e. The van der Waals surface area contributed by atoms with Crippen molar-refractivity contribution in [1.29, 1.82) is 0 Å². The van der Waals surface area contributed by atoms with E-state index in [0.29, 0.717) is 16.5 Å². The van der Waals surface area contributed by atoms with Crippen molar-refractivity contribution >= 4 is 22.3 Å². The maximum atomic E-state index is 12.3. The average molecular weight is 329 g/mol. The molecule has 2 N–H and O–H groups in total. The highest BCUT2D eigenvalue weighted by molar-refractivity contribution is 7.17. The molecule has 1 aliphatic rings. The molecule has 0 fully saturated rings. The highest BCUT2D eigenvalue weighted by Gasteiger charge is 2.26. The van der Waals surface area contributed by atoms with Gasteiger partial charge in [-0.3, -0.25) is 0 Å². The quantitative estimate of drug-likeness (QED) is 0.824. The third-order valence-electron chi connectivity index (χ3n) is 4.51. The minimum absolute atomic E-state index is 0.312. The Bertz CT molecular complexity index is 746. The Hall–Kier alpha value is -1.81. The van der Waals surface area contributed by atoms with E-state index in [2.05, 4.69) is 32.0 Å². The van der Waals surface area contributed by atoms with Gasteiger partial charge >= 0.3 is 5.97 Å². The van der Waals surface area contributed by atoms with Gasteiger partial charge in [-0.15, -0.1) is 11.3 Å². The van der Waals surface area contributed by atoms with Gasteiger partial charge in [-0.1, -0.05) is 32.0 Å². The van der Waals surface area contributed by atoms with Gasteiger partial charge in [0.2, 0.25) is 0 Å². The van der Waals surface area contributed by atoms with E-state index in [1.165, 1.54) is 42.4 Å². The minimum atomic E-state index is -0.349. The Morgan fingerprint density at radius 2 is 1.91 bits per heavy atom. The van der Waals surface area contributed by atoms with E-state index in [9.17, 15) is 4.79 Å². The summed E-state index contributed by atoms with van der Waals surface area (Å²) in [5.74, 6) is -0.0369. The molecule has 0 radical (unpaired) electrons. The number of esters is 1. The Labute approximate surface area is 141 Å². The number of methoxy groups -OCH3 is 1. The van der Waals surface area contributed by atoms with Crippen molar-refractivity contribution in [3.63, 3.8) is 0 Å². The highest BCUT2D eigenvalue weighted by Crippen LogP contribution is 2.43. The van der Waals surface area contributed by atoms with Gasteiger partial charge in [0.15, 0.2) is 0 Å². The molecule has 0 spiro atoms. The first-order valence-corrected chi connectivity index (χ1v) is 8.97. The monoisotopic (exact) mass is 329 g/mol. The Morgan fingerprint density at radius 1 is 1.22 bits per heavy atom. The van der Waals surface area contributed by atoms with Crippen LogP contribution in [0.25, 0.3) is 11.1 Å². The average Bonchev–Trinajstić information content (AvgIpc) is 2.91. The summed E-state index contributed by atoms with van der Waals surface area (Å²) in [4.78, 5) is 13.4. The van der Waals surface area contributed by atoms with Gasteiger partial charge in [-0.05, 0) is 48.3 Å². The Balaban J connectivity index is 2.19.